The second-order valence-electron chi connectivity index (χ2n) is 3.79. The van der Waals surface area contributed by atoms with Gasteiger partial charge in [0.15, 0.2) is 0 Å². The second kappa shape index (κ2) is 5.47. The summed E-state index contributed by atoms with van der Waals surface area (Å²) in [5, 5.41) is 3.00. The van der Waals surface area contributed by atoms with E-state index in [0.717, 1.165) is 6.07 Å². The fourth-order valence-corrected chi connectivity index (χ4v) is 2.01. The molecule has 2 rings (SSSR count). The van der Waals surface area contributed by atoms with Crippen LogP contribution < -0.4 is 11.1 Å². The topological polar surface area (TPSA) is 55.1 Å². The predicted octanol–water partition coefficient (Wildman–Crippen LogP) is 3.97. The third kappa shape index (κ3) is 2.97. The summed E-state index contributed by atoms with van der Waals surface area (Å²) in [5.41, 5.74) is 5.87. The normalized spacial score (nSPS) is 10.3. The number of carbonyl (C=O) groups excluding carboxylic acids is 1. The Morgan fingerprint density at radius 1 is 1.16 bits per heavy atom. The van der Waals surface area contributed by atoms with E-state index in [9.17, 15) is 9.18 Å². The Bertz CT molecular complexity index is 626. The van der Waals surface area contributed by atoms with Crippen LogP contribution in [0.25, 0.3) is 0 Å². The molecule has 0 unspecified atom stereocenters. The summed E-state index contributed by atoms with van der Waals surface area (Å²) in [4.78, 5) is 12.0. The van der Waals surface area contributed by atoms with Gasteiger partial charge in [0.05, 0.1) is 21.3 Å². The number of carbonyl (C=O) groups is 1. The van der Waals surface area contributed by atoms with Crippen molar-refractivity contribution in [3.05, 3.63) is 57.8 Å². The molecule has 0 saturated heterocycles. The fourth-order valence-electron chi connectivity index (χ4n) is 1.51. The molecule has 0 bridgehead atoms. The van der Waals surface area contributed by atoms with Crippen molar-refractivity contribution in [3.8, 4) is 0 Å². The zero-order valence-corrected chi connectivity index (χ0v) is 11.1. The van der Waals surface area contributed by atoms with Gasteiger partial charge >= 0.3 is 0 Å². The molecule has 0 atom stereocenters. The van der Waals surface area contributed by atoms with E-state index < -0.39 is 11.7 Å². The molecule has 2 aromatic carbocycles. The van der Waals surface area contributed by atoms with Crippen molar-refractivity contribution >= 4 is 40.5 Å². The minimum absolute atomic E-state index is 0.170. The number of nitrogen functional groups attached to an aromatic ring is 1. The van der Waals surface area contributed by atoms with Gasteiger partial charge in [0.25, 0.3) is 5.91 Å². The van der Waals surface area contributed by atoms with Crippen LogP contribution in [-0.4, -0.2) is 5.91 Å². The van der Waals surface area contributed by atoms with Crippen LogP contribution in [-0.2, 0) is 0 Å². The number of halogens is 3. The first-order chi connectivity index (χ1) is 8.99. The number of nitrogens with one attached hydrogen (secondary N) is 1. The van der Waals surface area contributed by atoms with E-state index in [0.29, 0.717) is 0 Å². The summed E-state index contributed by atoms with van der Waals surface area (Å²) in [5.74, 6) is -1.34. The second-order valence-corrected chi connectivity index (χ2v) is 4.60. The molecule has 19 heavy (non-hydrogen) atoms. The van der Waals surface area contributed by atoms with Crippen molar-refractivity contribution < 1.29 is 9.18 Å². The maximum absolute atomic E-state index is 13.5. The molecule has 98 valence electrons. The Hall–Kier alpha value is -1.78. The summed E-state index contributed by atoms with van der Waals surface area (Å²) in [7, 11) is 0. The number of rotatable bonds is 2. The maximum atomic E-state index is 13.5. The van der Waals surface area contributed by atoms with Crippen LogP contribution in [0.1, 0.15) is 10.4 Å². The predicted molar refractivity (Wildman–Crippen MR) is 75.2 cm³/mol. The zero-order chi connectivity index (χ0) is 14.0. The average molecular weight is 299 g/mol. The molecule has 2 aromatic rings. The molecule has 1 amide bonds. The average Bonchev–Trinajstić information content (AvgIpc) is 2.37. The van der Waals surface area contributed by atoms with E-state index in [1.54, 1.807) is 18.2 Å². The standard InChI is InChI=1S/C13H9Cl2FN2O/c14-9-2-1-3-10(15)12(9)18-13(19)8-6-7(17)4-5-11(8)16/h1-6H,17H2,(H,18,19). The summed E-state index contributed by atoms with van der Waals surface area (Å²) < 4.78 is 13.5. The van der Waals surface area contributed by atoms with Gasteiger partial charge in [0, 0.05) is 5.69 Å². The van der Waals surface area contributed by atoms with Crippen LogP contribution in [0.15, 0.2) is 36.4 Å². The van der Waals surface area contributed by atoms with Crippen LogP contribution in [0.5, 0.6) is 0 Å². The summed E-state index contributed by atoms with van der Waals surface area (Å²) in [6.45, 7) is 0. The molecule has 6 heteroatoms. The SMILES string of the molecule is Nc1ccc(F)c(C(=O)Nc2c(Cl)cccc2Cl)c1. The fraction of sp³-hybridized carbons (Fsp3) is 0. The molecule has 0 aliphatic rings. The van der Waals surface area contributed by atoms with Crippen LogP contribution in [0, 0.1) is 5.82 Å². The van der Waals surface area contributed by atoms with Gasteiger partial charge in [0.1, 0.15) is 5.82 Å². The van der Waals surface area contributed by atoms with E-state index in [2.05, 4.69) is 5.32 Å². The number of amides is 1. The lowest BCUT2D eigenvalue weighted by atomic mass is 10.1. The molecule has 3 nitrogen and oxygen atoms in total. The smallest absolute Gasteiger partial charge is 0.258 e. The number of hydrogen-bond acceptors (Lipinski definition) is 2. The first-order valence-corrected chi connectivity index (χ1v) is 6.05. The molecule has 0 aliphatic heterocycles. The van der Waals surface area contributed by atoms with Crippen molar-refractivity contribution in [1.29, 1.82) is 0 Å². The Kier molecular flexibility index (Phi) is 3.93. The molecule has 0 fully saturated rings. The first kappa shape index (κ1) is 13.6. The van der Waals surface area contributed by atoms with Gasteiger partial charge in [-0.3, -0.25) is 4.79 Å². The highest BCUT2D eigenvalue weighted by Crippen LogP contribution is 2.30. The highest BCUT2D eigenvalue weighted by Gasteiger charge is 2.15. The quantitative estimate of drug-likeness (QED) is 0.824. The largest absolute Gasteiger partial charge is 0.399 e. The van der Waals surface area contributed by atoms with Gasteiger partial charge in [-0.1, -0.05) is 29.3 Å². The Labute approximate surface area is 119 Å². The molecule has 0 spiro atoms. The van der Waals surface area contributed by atoms with Crippen LogP contribution >= 0.6 is 23.2 Å². The molecular formula is C13H9Cl2FN2O. The molecule has 0 aliphatic carbocycles. The van der Waals surface area contributed by atoms with Crippen molar-refractivity contribution in [2.45, 2.75) is 0 Å². The van der Waals surface area contributed by atoms with E-state index >= 15 is 0 Å². The summed E-state index contributed by atoms with van der Waals surface area (Å²) in [6, 6.07) is 8.52. The number of nitrogens with two attached hydrogens (primary N) is 1. The lowest BCUT2D eigenvalue weighted by Gasteiger charge is -2.10. The molecule has 0 heterocycles. The maximum Gasteiger partial charge on any atom is 0.258 e. The Morgan fingerprint density at radius 3 is 2.42 bits per heavy atom. The highest BCUT2D eigenvalue weighted by molar-refractivity contribution is 6.40. The van der Waals surface area contributed by atoms with Gasteiger partial charge in [-0.05, 0) is 30.3 Å². The number of para-hydroxylation sites is 1. The van der Waals surface area contributed by atoms with Crippen LogP contribution in [0.2, 0.25) is 10.0 Å². The van der Waals surface area contributed by atoms with Gasteiger partial charge in [0.2, 0.25) is 0 Å². The van der Waals surface area contributed by atoms with Gasteiger partial charge in [-0.2, -0.15) is 0 Å². The van der Waals surface area contributed by atoms with Gasteiger partial charge in [-0.15, -0.1) is 0 Å². The van der Waals surface area contributed by atoms with E-state index in [1.165, 1.54) is 12.1 Å². The van der Waals surface area contributed by atoms with Crippen molar-refractivity contribution in [2.24, 2.45) is 0 Å². The van der Waals surface area contributed by atoms with E-state index in [1.807, 2.05) is 0 Å². The number of hydrogen-bond donors (Lipinski definition) is 2. The number of benzene rings is 2. The molecule has 0 aromatic heterocycles. The lowest BCUT2D eigenvalue weighted by Crippen LogP contribution is -2.14. The Morgan fingerprint density at radius 2 is 1.79 bits per heavy atom. The highest BCUT2D eigenvalue weighted by atomic mass is 35.5. The Balaban J connectivity index is 2.34. The zero-order valence-electron chi connectivity index (χ0n) is 9.58. The van der Waals surface area contributed by atoms with E-state index in [-0.39, 0.29) is 27.0 Å². The van der Waals surface area contributed by atoms with Gasteiger partial charge < -0.3 is 11.1 Å². The molecular weight excluding hydrogens is 290 g/mol. The summed E-state index contributed by atoms with van der Waals surface area (Å²) >= 11 is 11.8. The molecule has 0 saturated carbocycles. The first-order valence-electron chi connectivity index (χ1n) is 5.29. The van der Waals surface area contributed by atoms with Crippen molar-refractivity contribution in [1.82, 2.24) is 0 Å². The summed E-state index contributed by atoms with van der Waals surface area (Å²) in [6.07, 6.45) is 0. The van der Waals surface area contributed by atoms with E-state index in [4.69, 9.17) is 28.9 Å². The van der Waals surface area contributed by atoms with Gasteiger partial charge in [-0.25, -0.2) is 4.39 Å². The third-order valence-electron chi connectivity index (χ3n) is 2.44. The molecule has 0 radical (unpaired) electrons. The number of anilines is 2. The van der Waals surface area contributed by atoms with Crippen molar-refractivity contribution in [3.63, 3.8) is 0 Å². The van der Waals surface area contributed by atoms with Crippen LogP contribution in [0.4, 0.5) is 15.8 Å². The molecule has 3 N–H and O–H groups in total. The minimum atomic E-state index is -0.671. The van der Waals surface area contributed by atoms with Crippen LogP contribution in [0.3, 0.4) is 0 Å². The van der Waals surface area contributed by atoms with Crippen molar-refractivity contribution in [2.75, 3.05) is 11.1 Å². The monoisotopic (exact) mass is 298 g/mol. The lowest BCUT2D eigenvalue weighted by molar-refractivity contribution is 0.102. The third-order valence-corrected chi connectivity index (χ3v) is 3.07. The minimum Gasteiger partial charge on any atom is -0.399 e.